The van der Waals surface area contributed by atoms with Gasteiger partial charge in [0.25, 0.3) is 17.7 Å². The zero-order chi connectivity index (χ0) is 49.5. The molecule has 0 saturated carbocycles. The molecule has 2 heterocycles. The molecule has 6 rings (SSSR count). The van der Waals surface area contributed by atoms with E-state index in [9.17, 15) is 19.2 Å². The molecule has 0 bridgehead atoms. The lowest BCUT2D eigenvalue weighted by Gasteiger charge is -2.26. The monoisotopic (exact) mass is 964 g/mol. The molecule has 378 valence electrons. The number of urea groups is 1. The highest BCUT2D eigenvalue weighted by Gasteiger charge is 2.23. The van der Waals surface area contributed by atoms with Crippen LogP contribution in [-0.4, -0.2) is 176 Å². The number of anilines is 2. The highest BCUT2D eigenvalue weighted by molar-refractivity contribution is 6.08. The number of aromatic nitrogens is 1. The number of likely N-dealkylation sites (N-methyl/N-ethyl adjacent to an activating group) is 2. The molecular formula is C53H73N9O8. The van der Waals surface area contributed by atoms with Crippen LogP contribution in [0.15, 0.2) is 85.1 Å². The van der Waals surface area contributed by atoms with Crippen LogP contribution in [0.1, 0.15) is 74.9 Å². The van der Waals surface area contributed by atoms with Gasteiger partial charge in [0.1, 0.15) is 0 Å². The smallest absolute Gasteiger partial charge is 0.314 e. The molecule has 1 saturated heterocycles. The Balaban J connectivity index is 0.912. The van der Waals surface area contributed by atoms with Gasteiger partial charge in [-0.1, -0.05) is 30.3 Å². The van der Waals surface area contributed by atoms with Crippen LogP contribution in [0.5, 0.6) is 0 Å². The molecule has 17 nitrogen and oxygen atoms in total. The molecule has 4 N–H and O–H groups in total. The first-order valence-electron chi connectivity index (χ1n) is 24.8. The summed E-state index contributed by atoms with van der Waals surface area (Å²) in [6, 6.07) is 24.1. The Bertz CT molecular complexity index is 2290. The fourth-order valence-electron chi connectivity index (χ4n) is 8.46. The number of hydrogen-bond donors (Lipinski definition) is 4. The molecule has 70 heavy (non-hydrogen) atoms. The molecule has 5 amide bonds. The molecule has 1 aliphatic heterocycles. The quantitative estimate of drug-likeness (QED) is 0.0565. The number of rotatable bonds is 27. The SMILES string of the molecule is CCN(CC)c1ccc(NC(=O)c2cccc(C(=O)N(C)CCN(C)CCOCCOCCOCCNC(=O)NCCN3CCOCC3)c2)c(-c2cc(C(=O)N[C@H]3CCCc4ccccc43)ccn2)c1. The first-order chi connectivity index (χ1) is 34.1. The number of carbonyl (C=O) groups excluding carboxylic acids is 4. The maximum absolute atomic E-state index is 13.9. The highest BCUT2D eigenvalue weighted by atomic mass is 16.5. The number of ether oxygens (including phenoxy) is 4. The van der Waals surface area contributed by atoms with Crippen molar-refractivity contribution in [2.75, 3.05) is 143 Å². The Labute approximate surface area is 413 Å². The van der Waals surface area contributed by atoms with Crippen LogP contribution < -0.4 is 26.2 Å². The second kappa shape index (κ2) is 28.6. The van der Waals surface area contributed by atoms with Crippen molar-refractivity contribution in [3.05, 3.63) is 113 Å². The molecule has 4 aromatic rings. The molecule has 17 heteroatoms. The molecule has 2 aliphatic rings. The van der Waals surface area contributed by atoms with Crippen LogP contribution >= 0.6 is 0 Å². The zero-order valence-corrected chi connectivity index (χ0v) is 41.5. The summed E-state index contributed by atoms with van der Waals surface area (Å²) in [5.41, 5.74) is 6.37. The third-order valence-electron chi connectivity index (χ3n) is 12.6. The van der Waals surface area contributed by atoms with Crippen LogP contribution in [0.25, 0.3) is 11.3 Å². The number of amides is 5. The number of nitrogens with zero attached hydrogens (tertiary/aromatic N) is 5. The van der Waals surface area contributed by atoms with Gasteiger partial charge in [-0.3, -0.25) is 24.3 Å². The third kappa shape index (κ3) is 16.6. The normalized spacial score (nSPS) is 14.7. The lowest BCUT2D eigenvalue weighted by atomic mass is 9.87. The summed E-state index contributed by atoms with van der Waals surface area (Å²) in [5.74, 6) is -0.753. The molecule has 0 spiro atoms. The Morgan fingerprint density at radius 2 is 1.46 bits per heavy atom. The van der Waals surface area contributed by atoms with E-state index in [0.29, 0.717) is 106 Å². The molecule has 3 aromatic carbocycles. The van der Waals surface area contributed by atoms with Crippen molar-refractivity contribution in [1.82, 2.24) is 35.6 Å². The van der Waals surface area contributed by atoms with Crippen molar-refractivity contribution in [3.8, 4) is 11.3 Å². The molecule has 0 radical (unpaired) electrons. The Morgan fingerprint density at radius 1 is 0.743 bits per heavy atom. The summed E-state index contributed by atoms with van der Waals surface area (Å²) in [4.78, 5) is 66.1. The van der Waals surface area contributed by atoms with Gasteiger partial charge in [-0.2, -0.15) is 0 Å². The number of morpholine rings is 1. The third-order valence-corrected chi connectivity index (χ3v) is 12.6. The fourth-order valence-corrected chi connectivity index (χ4v) is 8.46. The lowest BCUT2D eigenvalue weighted by molar-refractivity contribution is 0.0121. The second-order valence-electron chi connectivity index (χ2n) is 17.5. The molecule has 1 fully saturated rings. The highest BCUT2D eigenvalue weighted by Crippen LogP contribution is 2.33. The van der Waals surface area contributed by atoms with E-state index in [1.54, 1.807) is 54.5 Å². The topological polar surface area (TPSA) is 179 Å². The van der Waals surface area contributed by atoms with Gasteiger partial charge in [-0.25, -0.2) is 4.79 Å². The van der Waals surface area contributed by atoms with E-state index in [1.165, 1.54) is 5.56 Å². The van der Waals surface area contributed by atoms with Crippen LogP contribution in [0.2, 0.25) is 0 Å². The summed E-state index contributed by atoms with van der Waals surface area (Å²) < 4.78 is 22.2. The van der Waals surface area contributed by atoms with Crippen LogP contribution in [0.4, 0.5) is 16.2 Å². The minimum atomic E-state index is -0.376. The molecule has 1 atom stereocenters. The Hall–Kier alpha value is -5.95. The molecule has 1 aliphatic carbocycles. The number of pyridine rings is 1. The number of carbonyl (C=O) groups is 4. The van der Waals surface area contributed by atoms with E-state index in [1.807, 2.05) is 37.4 Å². The number of hydrogen-bond acceptors (Lipinski definition) is 12. The van der Waals surface area contributed by atoms with E-state index in [4.69, 9.17) is 18.9 Å². The van der Waals surface area contributed by atoms with E-state index in [-0.39, 0.29) is 29.8 Å². The fraction of sp³-hybridized carbons (Fsp3) is 0.491. The molecule has 0 unspecified atom stereocenters. The van der Waals surface area contributed by atoms with Crippen LogP contribution in [0.3, 0.4) is 0 Å². The summed E-state index contributed by atoms with van der Waals surface area (Å²) in [6.07, 6.45) is 4.52. The van der Waals surface area contributed by atoms with Crippen LogP contribution in [0, 0.1) is 0 Å². The maximum atomic E-state index is 13.9. The van der Waals surface area contributed by atoms with Gasteiger partial charge >= 0.3 is 6.03 Å². The molecular weight excluding hydrogens is 891 g/mol. The van der Waals surface area contributed by atoms with Crippen molar-refractivity contribution in [1.29, 1.82) is 0 Å². The van der Waals surface area contributed by atoms with Gasteiger partial charge in [0.05, 0.1) is 70.3 Å². The van der Waals surface area contributed by atoms with E-state index in [2.05, 4.69) is 66.9 Å². The number of benzene rings is 3. The number of fused-ring (bicyclic) bond motifs is 1. The summed E-state index contributed by atoms with van der Waals surface area (Å²) in [7, 11) is 3.73. The number of aryl methyl sites for hydroxylation is 1. The summed E-state index contributed by atoms with van der Waals surface area (Å²) in [6.45, 7) is 15.3. The van der Waals surface area contributed by atoms with Gasteiger partial charge in [0.15, 0.2) is 0 Å². The van der Waals surface area contributed by atoms with Crippen LogP contribution in [-0.2, 0) is 25.4 Å². The second-order valence-corrected chi connectivity index (χ2v) is 17.5. The van der Waals surface area contributed by atoms with Gasteiger partial charge < -0.3 is 54.9 Å². The average molecular weight is 964 g/mol. The minimum Gasteiger partial charge on any atom is -0.379 e. The van der Waals surface area contributed by atoms with Crippen molar-refractivity contribution in [2.45, 2.75) is 39.2 Å². The van der Waals surface area contributed by atoms with Crippen molar-refractivity contribution < 1.29 is 38.1 Å². The first kappa shape index (κ1) is 53.4. The van der Waals surface area contributed by atoms with Crippen molar-refractivity contribution in [2.24, 2.45) is 0 Å². The van der Waals surface area contributed by atoms with Gasteiger partial charge in [0, 0.05) is 107 Å². The summed E-state index contributed by atoms with van der Waals surface area (Å²) >= 11 is 0. The predicted octanol–water partition coefficient (Wildman–Crippen LogP) is 5.34. The predicted molar refractivity (Wildman–Crippen MR) is 273 cm³/mol. The minimum absolute atomic E-state index is 0.0694. The Kier molecular flexibility index (Phi) is 21.9. The summed E-state index contributed by atoms with van der Waals surface area (Å²) in [5, 5.41) is 12.0. The largest absolute Gasteiger partial charge is 0.379 e. The van der Waals surface area contributed by atoms with Gasteiger partial charge in [-0.15, -0.1) is 0 Å². The van der Waals surface area contributed by atoms with Crippen molar-refractivity contribution >= 4 is 35.1 Å². The van der Waals surface area contributed by atoms with E-state index < -0.39 is 0 Å². The maximum Gasteiger partial charge on any atom is 0.314 e. The Morgan fingerprint density at radius 3 is 2.24 bits per heavy atom. The zero-order valence-electron chi connectivity index (χ0n) is 41.5. The average Bonchev–Trinajstić information content (AvgIpc) is 3.39. The van der Waals surface area contributed by atoms with Crippen molar-refractivity contribution in [3.63, 3.8) is 0 Å². The number of nitrogens with one attached hydrogen (secondary N) is 4. The van der Waals surface area contributed by atoms with E-state index >= 15 is 0 Å². The van der Waals surface area contributed by atoms with E-state index in [0.717, 1.165) is 76.5 Å². The standard InChI is InChI=1S/C53H73N9O8/c1-5-62(6-2)44-17-18-48(46(39-44)49-38-42(19-20-54-49)51(64)57-47-16-10-12-40-11-7-8-15-45(40)47)58-50(63)41-13-9-14-43(37-41)52(65)60(4)25-24-59(3)26-30-69-34-36-70-35-33-67-29-22-56-53(66)55-21-23-61-27-31-68-32-28-61/h7-9,11,13-15,17-20,37-39,47H,5-6,10,12,16,21-36H2,1-4H3,(H,57,64)(H,58,63)(H2,55,56,66)/t47-/m0/s1. The van der Waals surface area contributed by atoms with Gasteiger partial charge in [-0.05, 0) is 99.8 Å². The first-order valence-corrected chi connectivity index (χ1v) is 24.8. The van der Waals surface area contributed by atoms with Gasteiger partial charge in [0.2, 0.25) is 0 Å². The lowest BCUT2D eigenvalue weighted by Crippen LogP contribution is -2.44. The molecule has 1 aromatic heterocycles.